The minimum absolute atomic E-state index is 0.0886. The highest BCUT2D eigenvalue weighted by atomic mass is 16.6. The van der Waals surface area contributed by atoms with Crippen LogP contribution in [0, 0.1) is 0 Å². The monoisotopic (exact) mass is 279 g/mol. The summed E-state index contributed by atoms with van der Waals surface area (Å²) in [6.45, 7) is 6.83. The number of ether oxygens (including phenoxy) is 2. The van der Waals surface area contributed by atoms with Gasteiger partial charge in [-0.3, -0.25) is 9.58 Å². The number of hydrogen-bond donors (Lipinski definition) is 0. The van der Waals surface area contributed by atoms with Crippen molar-refractivity contribution in [2.45, 2.75) is 44.4 Å². The van der Waals surface area contributed by atoms with E-state index in [2.05, 4.69) is 23.1 Å². The molecule has 0 aromatic carbocycles. The lowest BCUT2D eigenvalue weighted by molar-refractivity contribution is -0.0464. The van der Waals surface area contributed by atoms with Gasteiger partial charge in [-0.25, -0.2) is 0 Å². The van der Waals surface area contributed by atoms with E-state index in [4.69, 9.17) is 9.47 Å². The Hall–Kier alpha value is -0.910. The second-order valence-electron chi connectivity index (χ2n) is 6.07. The van der Waals surface area contributed by atoms with Crippen molar-refractivity contribution >= 4 is 0 Å². The highest BCUT2D eigenvalue weighted by molar-refractivity contribution is 5.04. The van der Waals surface area contributed by atoms with Crippen LogP contribution in [0.1, 0.15) is 31.7 Å². The first-order valence-electron chi connectivity index (χ1n) is 7.64. The SMILES string of the molecule is CCO[C@H]1COC2(CCN(Cc3cnn(C)c3)CC2)C1. The Kier molecular flexibility index (Phi) is 4.10. The zero-order chi connectivity index (χ0) is 14.0. The van der Waals surface area contributed by atoms with Crippen LogP contribution in [-0.4, -0.2) is 52.7 Å². The molecule has 1 atom stereocenters. The Bertz CT molecular complexity index is 438. The quantitative estimate of drug-likeness (QED) is 0.839. The maximum Gasteiger partial charge on any atom is 0.0836 e. The van der Waals surface area contributed by atoms with Crippen LogP contribution < -0.4 is 0 Å². The molecule has 20 heavy (non-hydrogen) atoms. The molecule has 0 unspecified atom stereocenters. The van der Waals surface area contributed by atoms with E-state index in [0.29, 0.717) is 6.10 Å². The molecule has 2 aliphatic rings. The van der Waals surface area contributed by atoms with E-state index in [-0.39, 0.29) is 5.60 Å². The van der Waals surface area contributed by atoms with Gasteiger partial charge in [0, 0.05) is 51.5 Å². The summed E-state index contributed by atoms with van der Waals surface area (Å²) in [6, 6.07) is 0. The molecule has 0 bridgehead atoms. The summed E-state index contributed by atoms with van der Waals surface area (Å²) in [7, 11) is 1.97. The lowest BCUT2D eigenvalue weighted by Gasteiger charge is -2.38. The van der Waals surface area contributed by atoms with Crippen molar-refractivity contribution in [1.82, 2.24) is 14.7 Å². The second-order valence-corrected chi connectivity index (χ2v) is 6.07. The molecule has 2 saturated heterocycles. The maximum atomic E-state index is 6.08. The smallest absolute Gasteiger partial charge is 0.0836 e. The number of aromatic nitrogens is 2. The molecule has 0 saturated carbocycles. The molecule has 0 aliphatic carbocycles. The molecule has 2 fully saturated rings. The molecular formula is C15H25N3O2. The zero-order valence-electron chi connectivity index (χ0n) is 12.5. The fourth-order valence-electron chi connectivity index (χ4n) is 3.42. The third kappa shape index (κ3) is 3.05. The Morgan fingerprint density at radius 1 is 1.45 bits per heavy atom. The van der Waals surface area contributed by atoms with E-state index >= 15 is 0 Å². The normalized spacial score (nSPS) is 26.4. The van der Waals surface area contributed by atoms with Crippen LogP contribution in [0.15, 0.2) is 12.4 Å². The van der Waals surface area contributed by atoms with Crippen LogP contribution in [0.2, 0.25) is 0 Å². The van der Waals surface area contributed by atoms with Gasteiger partial charge in [-0.2, -0.15) is 5.10 Å². The summed E-state index contributed by atoms with van der Waals surface area (Å²) in [6.07, 6.45) is 7.68. The molecule has 0 amide bonds. The van der Waals surface area contributed by atoms with E-state index in [0.717, 1.165) is 52.1 Å². The van der Waals surface area contributed by atoms with Crippen LogP contribution in [0.4, 0.5) is 0 Å². The highest BCUT2D eigenvalue weighted by Gasteiger charge is 2.42. The molecule has 5 heteroatoms. The minimum Gasteiger partial charge on any atom is -0.376 e. The van der Waals surface area contributed by atoms with E-state index in [1.165, 1.54) is 5.56 Å². The summed E-state index contributed by atoms with van der Waals surface area (Å²) >= 11 is 0. The van der Waals surface area contributed by atoms with Crippen LogP contribution >= 0.6 is 0 Å². The number of hydrogen-bond acceptors (Lipinski definition) is 4. The summed E-state index contributed by atoms with van der Waals surface area (Å²) in [5.74, 6) is 0. The summed E-state index contributed by atoms with van der Waals surface area (Å²) in [5.41, 5.74) is 1.38. The lowest BCUT2D eigenvalue weighted by Crippen LogP contribution is -2.43. The Labute approximate surface area is 120 Å². The molecule has 0 radical (unpaired) electrons. The van der Waals surface area contributed by atoms with Crippen molar-refractivity contribution in [2.75, 3.05) is 26.3 Å². The van der Waals surface area contributed by atoms with Gasteiger partial charge < -0.3 is 9.47 Å². The average molecular weight is 279 g/mol. The van der Waals surface area contributed by atoms with Crippen LogP contribution in [-0.2, 0) is 23.1 Å². The molecule has 1 aromatic heterocycles. The van der Waals surface area contributed by atoms with Gasteiger partial charge in [-0.05, 0) is 19.8 Å². The largest absolute Gasteiger partial charge is 0.376 e. The standard InChI is InChI=1S/C15H25N3O2/c1-3-19-14-8-15(20-12-14)4-6-18(7-5-15)11-13-9-16-17(2)10-13/h9-10,14H,3-8,11-12H2,1-2H3/t14-/m1/s1. The van der Waals surface area contributed by atoms with Gasteiger partial charge in [0.1, 0.15) is 0 Å². The van der Waals surface area contributed by atoms with Crippen molar-refractivity contribution in [3.8, 4) is 0 Å². The molecule has 1 aromatic rings. The van der Waals surface area contributed by atoms with Crippen LogP contribution in [0.25, 0.3) is 0 Å². The first-order chi connectivity index (χ1) is 9.69. The van der Waals surface area contributed by atoms with E-state index in [1.807, 2.05) is 17.9 Å². The van der Waals surface area contributed by atoms with Gasteiger partial charge in [-0.1, -0.05) is 0 Å². The minimum atomic E-state index is 0.0886. The summed E-state index contributed by atoms with van der Waals surface area (Å²) in [4.78, 5) is 2.50. The molecular weight excluding hydrogens is 254 g/mol. The Balaban J connectivity index is 1.50. The first-order valence-corrected chi connectivity index (χ1v) is 7.64. The summed E-state index contributed by atoms with van der Waals surface area (Å²) in [5, 5.41) is 4.23. The molecule has 2 aliphatic heterocycles. The fourth-order valence-corrected chi connectivity index (χ4v) is 3.42. The van der Waals surface area contributed by atoms with Gasteiger partial charge in [-0.15, -0.1) is 0 Å². The van der Waals surface area contributed by atoms with E-state index in [1.54, 1.807) is 0 Å². The topological polar surface area (TPSA) is 39.5 Å². The number of nitrogens with zero attached hydrogens (tertiary/aromatic N) is 3. The second kappa shape index (κ2) is 5.84. The molecule has 5 nitrogen and oxygen atoms in total. The van der Waals surface area contributed by atoms with Crippen LogP contribution in [0.3, 0.4) is 0 Å². The van der Waals surface area contributed by atoms with Crippen molar-refractivity contribution in [2.24, 2.45) is 7.05 Å². The summed E-state index contributed by atoms with van der Waals surface area (Å²) < 4.78 is 13.7. The van der Waals surface area contributed by atoms with Gasteiger partial charge in [0.2, 0.25) is 0 Å². The van der Waals surface area contributed by atoms with Crippen molar-refractivity contribution < 1.29 is 9.47 Å². The van der Waals surface area contributed by atoms with Gasteiger partial charge in [0.05, 0.1) is 24.5 Å². The van der Waals surface area contributed by atoms with Crippen molar-refractivity contribution in [3.63, 3.8) is 0 Å². The van der Waals surface area contributed by atoms with Crippen molar-refractivity contribution in [1.29, 1.82) is 0 Å². The molecule has 112 valence electrons. The van der Waals surface area contributed by atoms with E-state index < -0.39 is 0 Å². The van der Waals surface area contributed by atoms with Gasteiger partial charge in [0.15, 0.2) is 0 Å². The molecule has 3 rings (SSSR count). The first kappa shape index (κ1) is 14.0. The lowest BCUT2D eigenvalue weighted by atomic mass is 9.88. The highest BCUT2D eigenvalue weighted by Crippen LogP contribution is 2.37. The number of piperidine rings is 1. The Morgan fingerprint density at radius 2 is 2.25 bits per heavy atom. The number of rotatable bonds is 4. The average Bonchev–Trinajstić information content (AvgIpc) is 3.01. The third-order valence-electron chi connectivity index (χ3n) is 4.51. The maximum absolute atomic E-state index is 6.08. The van der Waals surface area contributed by atoms with Crippen LogP contribution in [0.5, 0.6) is 0 Å². The Morgan fingerprint density at radius 3 is 2.90 bits per heavy atom. The fraction of sp³-hybridized carbons (Fsp3) is 0.800. The molecule has 1 spiro atoms. The molecule has 3 heterocycles. The molecule has 0 N–H and O–H groups in total. The zero-order valence-corrected chi connectivity index (χ0v) is 12.5. The van der Waals surface area contributed by atoms with Gasteiger partial charge in [0.25, 0.3) is 0 Å². The predicted octanol–water partition coefficient (Wildman–Crippen LogP) is 1.58. The third-order valence-corrected chi connectivity index (χ3v) is 4.51. The predicted molar refractivity (Wildman–Crippen MR) is 76.4 cm³/mol. The number of aryl methyl sites for hydroxylation is 1. The van der Waals surface area contributed by atoms with Gasteiger partial charge >= 0.3 is 0 Å². The van der Waals surface area contributed by atoms with Crippen molar-refractivity contribution in [3.05, 3.63) is 18.0 Å². The van der Waals surface area contributed by atoms with E-state index in [9.17, 15) is 0 Å². The number of likely N-dealkylation sites (tertiary alicyclic amines) is 1.